The van der Waals surface area contributed by atoms with Gasteiger partial charge in [-0.3, -0.25) is 4.79 Å². The van der Waals surface area contributed by atoms with Crippen molar-refractivity contribution in [3.8, 4) is 11.5 Å². The van der Waals surface area contributed by atoms with Crippen LogP contribution in [0.3, 0.4) is 0 Å². The van der Waals surface area contributed by atoms with E-state index in [0.717, 1.165) is 16.9 Å². The van der Waals surface area contributed by atoms with E-state index in [4.69, 9.17) is 9.47 Å². The molecule has 0 fully saturated rings. The van der Waals surface area contributed by atoms with Gasteiger partial charge in [-0.2, -0.15) is 0 Å². The summed E-state index contributed by atoms with van der Waals surface area (Å²) in [7, 11) is 1.62. The Hall–Kier alpha value is -2.55. The first-order valence-electron chi connectivity index (χ1n) is 7.25. The molecule has 1 atom stereocenters. The Bertz CT molecular complexity index is 703. The number of carbonyl (C=O) groups excluding carboxylic acids is 1. The van der Waals surface area contributed by atoms with Crippen molar-refractivity contribution in [2.24, 2.45) is 0 Å². The van der Waals surface area contributed by atoms with Crippen LogP contribution in [0.5, 0.6) is 11.5 Å². The summed E-state index contributed by atoms with van der Waals surface area (Å²) in [6, 6.07) is 15.3. The molecule has 22 heavy (non-hydrogen) atoms. The monoisotopic (exact) mass is 294 g/mol. The predicted molar refractivity (Wildman–Crippen MR) is 85.3 cm³/mol. The minimum Gasteiger partial charge on any atom is -0.497 e. The van der Waals surface area contributed by atoms with E-state index in [1.54, 1.807) is 13.2 Å². The number of ether oxygens (including phenoxy) is 2. The van der Waals surface area contributed by atoms with E-state index in [1.165, 1.54) is 0 Å². The topological polar surface area (TPSA) is 35.5 Å². The number of para-hydroxylation sites is 1. The zero-order chi connectivity index (χ0) is 15.6. The van der Waals surface area contributed by atoms with Crippen LogP contribution in [-0.4, -0.2) is 13.1 Å². The van der Waals surface area contributed by atoms with Gasteiger partial charge in [0.2, 0.25) is 0 Å². The summed E-state index contributed by atoms with van der Waals surface area (Å²) in [5.41, 5.74) is 1.25. The first-order valence-corrected chi connectivity index (χ1v) is 7.25. The molecular formula is C19H18O3. The van der Waals surface area contributed by atoms with Gasteiger partial charge in [-0.05, 0) is 42.2 Å². The summed E-state index contributed by atoms with van der Waals surface area (Å²) in [4.78, 5) is 12.7. The highest BCUT2D eigenvalue weighted by Crippen LogP contribution is 2.41. The van der Waals surface area contributed by atoms with Gasteiger partial charge in [-0.25, -0.2) is 0 Å². The average molecular weight is 294 g/mol. The fraction of sp³-hybridized carbons (Fsp3) is 0.211. The smallest absolute Gasteiger partial charge is 0.322 e. The molecule has 0 bridgehead atoms. The van der Waals surface area contributed by atoms with E-state index in [0.29, 0.717) is 18.6 Å². The number of carbonyl (C=O) groups is 1. The molecule has 3 heteroatoms. The second kappa shape index (κ2) is 5.68. The van der Waals surface area contributed by atoms with Crippen LogP contribution >= 0.6 is 0 Å². The number of hydrogen-bond acceptors (Lipinski definition) is 3. The number of hydrogen-bond donors (Lipinski definition) is 0. The number of rotatable bonds is 4. The molecule has 112 valence electrons. The Morgan fingerprint density at radius 2 is 1.95 bits per heavy atom. The van der Waals surface area contributed by atoms with Gasteiger partial charge in [0.1, 0.15) is 16.9 Å². The van der Waals surface area contributed by atoms with Crippen molar-refractivity contribution < 1.29 is 14.3 Å². The molecule has 0 spiro atoms. The third kappa shape index (κ3) is 2.29. The van der Waals surface area contributed by atoms with Crippen molar-refractivity contribution in [1.29, 1.82) is 0 Å². The van der Waals surface area contributed by atoms with Crippen molar-refractivity contribution >= 4 is 5.97 Å². The maximum atomic E-state index is 12.7. The van der Waals surface area contributed by atoms with Gasteiger partial charge in [0, 0.05) is 0 Å². The molecule has 2 aromatic rings. The molecule has 0 saturated heterocycles. The summed E-state index contributed by atoms with van der Waals surface area (Å²) in [5, 5.41) is 0. The van der Waals surface area contributed by atoms with Gasteiger partial charge >= 0.3 is 5.97 Å². The lowest BCUT2D eigenvalue weighted by molar-refractivity contribution is -0.142. The molecule has 0 N–H and O–H groups in total. The maximum Gasteiger partial charge on any atom is 0.322 e. The van der Waals surface area contributed by atoms with Crippen LogP contribution in [-0.2, 0) is 16.6 Å². The summed E-state index contributed by atoms with van der Waals surface area (Å²) in [6.07, 6.45) is 2.92. The Balaban J connectivity index is 2.08. The summed E-state index contributed by atoms with van der Waals surface area (Å²) in [6.45, 7) is 3.82. The fourth-order valence-electron chi connectivity index (χ4n) is 2.99. The van der Waals surface area contributed by atoms with Gasteiger partial charge in [0.25, 0.3) is 0 Å². The summed E-state index contributed by atoms with van der Waals surface area (Å²) in [5.74, 6) is 1.19. The van der Waals surface area contributed by atoms with E-state index >= 15 is 0 Å². The lowest BCUT2D eigenvalue weighted by atomic mass is 9.71. The normalized spacial score (nSPS) is 20.0. The van der Waals surface area contributed by atoms with Crippen LogP contribution < -0.4 is 9.47 Å². The lowest BCUT2D eigenvalue weighted by Gasteiger charge is -2.35. The number of methoxy groups -OCH3 is 1. The number of fused-ring (bicyclic) bond motifs is 1. The minimum absolute atomic E-state index is 0.226. The van der Waals surface area contributed by atoms with Crippen molar-refractivity contribution in [1.82, 2.24) is 0 Å². The average Bonchev–Trinajstić information content (AvgIpc) is 2.56. The lowest BCUT2D eigenvalue weighted by Crippen LogP contribution is -2.44. The molecule has 1 heterocycles. The van der Waals surface area contributed by atoms with Gasteiger partial charge in [0.15, 0.2) is 0 Å². The van der Waals surface area contributed by atoms with E-state index in [1.807, 2.05) is 48.5 Å². The highest BCUT2D eigenvalue weighted by molar-refractivity contribution is 5.88. The van der Waals surface area contributed by atoms with Crippen LogP contribution in [0, 0.1) is 0 Å². The second-order valence-corrected chi connectivity index (χ2v) is 5.48. The molecule has 0 aromatic heterocycles. The highest BCUT2D eigenvalue weighted by Gasteiger charge is 2.44. The molecule has 0 unspecified atom stereocenters. The molecular weight excluding hydrogens is 276 g/mol. The molecule has 0 radical (unpaired) electrons. The van der Waals surface area contributed by atoms with Crippen molar-refractivity contribution in [3.63, 3.8) is 0 Å². The quantitative estimate of drug-likeness (QED) is 0.490. The molecule has 3 rings (SSSR count). The molecule has 3 nitrogen and oxygen atoms in total. The zero-order valence-electron chi connectivity index (χ0n) is 12.5. The first kappa shape index (κ1) is 14.4. The molecule has 1 aliphatic rings. The van der Waals surface area contributed by atoms with Gasteiger partial charge < -0.3 is 9.47 Å². The maximum absolute atomic E-state index is 12.7. The van der Waals surface area contributed by atoms with E-state index in [-0.39, 0.29) is 5.97 Å². The van der Waals surface area contributed by atoms with Crippen molar-refractivity contribution in [2.75, 3.05) is 7.11 Å². The second-order valence-electron chi connectivity index (χ2n) is 5.48. The van der Waals surface area contributed by atoms with Gasteiger partial charge in [-0.15, -0.1) is 6.58 Å². The molecule has 2 aromatic carbocycles. The first-order chi connectivity index (χ1) is 10.7. The molecule has 0 amide bonds. The standard InChI is InChI=1S/C19H18O3/c1-3-12-19(15-8-10-16(21-2)11-9-15)13-14-6-4-5-7-17(14)22-18(19)20/h3-11H,1,12-13H2,2H3/t19-/m1/s1. The Morgan fingerprint density at radius 3 is 2.64 bits per heavy atom. The van der Waals surface area contributed by atoms with Crippen LogP contribution in [0.4, 0.5) is 0 Å². The highest BCUT2D eigenvalue weighted by atomic mass is 16.5. The van der Waals surface area contributed by atoms with E-state index in [9.17, 15) is 4.79 Å². The number of benzene rings is 2. The summed E-state index contributed by atoms with van der Waals surface area (Å²) >= 11 is 0. The predicted octanol–water partition coefficient (Wildman–Crippen LogP) is 3.67. The number of esters is 1. The Labute approximate surface area is 130 Å². The van der Waals surface area contributed by atoms with Crippen LogP contribution in [0.15, 0.2) is 61.2 Å². The molecule has 1 aliphatic heterocycles. The molecule has 0 saturated carbocycles. The van der Waals surface area contributed by atoms with Crippen LogP contribution in [0.25, 0.3) is 0 Å². The SMILES string of the molecule is C=CC[C@]1(c2ccc(OC)cc2)Cc2ccccc2OC1=O. The van der Waals surface area contributed by atoms with Crippen LogP contribution in [0.1, 0.15) is 17.5 Å². The third-order valence-electron chi connectivity index (χ3n) is 4.19. The minimum atomic E-state index is -0.720. The summed E-state index contributed by atoms with van der Waals surface area (Å²) < 4.78 is 10.8. The Kier molecular flexibility index (Phi) is 3.72. The van der Waals surface area contributed by atoms with E-state index < -0.39 is 5.41 Å². The van der Waals surface area contributed by atoms with Crippen LogP contribution in [0.2, 0.25) is 0 Å². The fourth-order valence-corrected chi connectivity index (χ4v) is 2.99. The Morgan fingerprint density at radius 1 is 1.23 bits per heavy atom. The zero-order valence-corrected chi connectivity index (χ0v) is 12.5. The molecule has 0 aliphatic carbocycles. The van der Waals surface area contributed by atoms with E-state index in [2.05, 4.69) is 6.58 Å². The number of allylic oxidation sites excluding steroid dienone is 1. The van der Waals surface area contributed by atoms with Gasteiger partial charge in [0.05, 0.1) is 7.11 Å². The largest absolute Gasteiger partial charge is 0.497 e. The van der Waals surface area contributed by atoms with Crippen molar-refractivity contribution in [3.05, 3.63) is 72.3 Å². The third-order valence-corrected chi connectivity index (χ3v) is 4.19. The van der Waals surface area contributed by atoms with Crippen molar-refractivity contribution in [2.45, 2.75) is 18.3 Å². The van der Waals surface area contributed by atoms with Gasteiger partial charge in [-0.1, -0.05) is 36.4 Å².